The molecule has 0 amide bonds. The number of hydrogen-bond acceptors (Lipinski definition) is 5. The van der Waals surface area contributed by atoms with E-state index in [1.165, 1.54) is 0 Å². The van der Waals surface area contributed by atoms with Crippen LogP contribution >= 0.6 is 0 Å². The van der Waals surface area contributed by atoms with Gasteiger partial charge in [-0.2, -0.15) is 15.8 Å². The molecule has 0 aromatic heterocycles. The first kappa shape index (κ1) is 14.7. The van der Waals surface area contributed by atoms with Crippen molar-refractivity contribution in [2.45, 2.75) is 24.9 Å². The number of benzene rings is 1. The van der Waals surface area contributed by atoms with Crippen molar-refractivity contribution in [1.82, 2.24) is 5.32 Å². The van der Waals surface area contributed by atoms with Crippen molar-refractivity contribution < 1.29 is 0 Å². The minimum absolute atomic E-state index is 0.0742. The Hall–Kier alpha value is -3.23. The van der Waals surface area contributed by atoms with Crippen molar-refractivity contribution in [2.75, 3.05) is 11.9 Å². The maximum absolute atomic E-state index is 9.46. The fourth-order valence-electron chi connectivity index (χ4n) is 3.62. The number of nitrogens with one attached hydrogen (secondary N) is 1. The summed E-state index contributed by atoms with van der Waals surface area (Å²) >= 11 is 0. The Labute approximate surface area is 135 Å². The van der Waals surface area contributed by atoms with Gasteiger partial charge in [0.25, 0.3) is 0 Å². The van der Waals surface area contributed by atoms with Gasteiger partial charge in [-0.1, -0.05) is 32.0 Å². The normalized spacial score (nSPS) is 23.4. The number of nitriles is 3. The van der Waals surface area contributed by atoms with E-state index in [0.29, 0.717) is 11.3 Å². The van der Waals surface area contributed by atoms with Gasteiger partial charge in [-0.15, -0.1) is 0 Å². The number of allylic oxidation sites excluding steroid dienone is 2. The number of para-hydroxylation sites is 1. The highest BCUT2D eigenvalue weighted by molar-refractivity contribution is 5.72. The Kier molecular flexibility index (Phi) is 2.96. The molecule has 0 unspecified atom stereocenters. The molecule has 2 aliphatic rings. The second kappa shape index (κ2) is 4.63. The monoisotopic (exact) mass is 301 g/mol. The summed E-state index contributed by atoms with van der Waals surface area (Å²) < 4.78 is 0. The van der Waals surface area contributed by atoms with E-state index in [9.17, 15) is 15.8 Å². The molecule has 23 heavy (non-hydrogen) atoms. The first-order valence-corrected chi connectivity index (χ1v) is 7.22. The zero-order chi connectivity index (χ0) is 16.8. The highest BCUT2D eigenvalue weighted by Gasteiger charge is 2.57. The van der Waals surface area contributed by atoms with Gasteiger partial charge in [0, 0.05) is 18.2 Å². The van der Waals surface area contributed by atoms with E-state index in [-0.39, 0.29) is 11.0 Å². The van der Waals surface area contributed by atoms with E-state index >= 15 is 0 Å². The third kappa shape index (κ3) is 1.64. The largest absolute Gasteiger partial charge is 0.356 e. The lowest BCUT2D eigenvalue weighted by atomic mass is 9.76. The van der Waals surface area contributed by atoms with Gasteiger partial charge in [0.15, 0.2) is 5.57 Å². The fraction of sp³-hybridized carbons (Fsp3) is 0.278. The van der Waals surface area contributed by atoms with Crippen LogP contribution in [-0.4, -0.2) is 12.7 Å². The van der Waals surface area contributed by atoms with Crippen LogP contribution in [0, 0.1) is 34.0 Å². The number of nitrogens with zero attached hydrogens (tertiary/aromatic N) is 4. The summed E-state index contributed by atoms with van der Waals surface area (Å²) in [6.45, 7) is 4.18. The van der Waals surface area contributed by atoms with Crippen LogP contribution < -0.4 is 10.2 Å². The van der Waals surface area contributed by atoms with E-state index in [4.69, 9.17) is 0 Å². The van der Waals surface area contributed by atoms with Gasteiger partial charge in [0.1, 0.15) is 23.9 Å². The van der Waals surface area contributed by atoms with E-state index in [2.05, 4.69) is 36.2 Å². The van der Waals surface area contributed by atoms with Gasteiger partial charge in [-0.3, -0.25) is 0 Å². The maximum Gasteiger partial charge on any atom is 0.154 e. The molecule has 0 aliphatic carbocycles. The molecule has 3 rings (SSSR count). The number of anilines is 1. The molecule has 0 fully saturated rings. The fourth-order valence-corrected chi connectivity index (χ4v) is 3.62. The highest BCUT2D eigenvalue weighted by Crippen LogP contribution is 2.53. The van der Waals surface area contributed by atoms with Crippen LogP contribution in [0.15, 0.2) is 47.2 Å². The number of hydrogen-bond donors (Lipinski definition) is 1. The molecule has 1 N–H and O–H groups in total. The SMILES string of the molecule is CN1c2ccccc2C(C)(C)[C@@]12C=C(C#N)C(=C(C#N)C#N)N2. The van der Waals surface area contributed by atoms with Crippen molar-refractivity contribution in [1.29, 1.82) is 15.8 Å². The lowest BCUT2D eigenvalue weighted by Crippen LogP contribution is -2.60. The molecule has 2 heterocycles. The zero-order valence-corrected chi connectivity index (χ0v) is 13.2. The second-order valence-electron chi connectivity index (χ2n) is 6.24. The molecule has 0 saturated heterocycles. The Morgan fingerprint density at radius 1 is 1.13 bits per heavy atom. The van der Waals surface area contributed by atoms with Crippen LogP contribution in [-0.2, 0) is 5.41 Å². The summed E-state index contributed by atoms with van der Waals surface area (Å²) in [7, 11) is 1.95. The molecule has 0 bridgehead atoms. The van der Waals surface area contributed by atoms with Crippen LogP contribution in [0.2, 0.25) is 0 Å². The van der Waals surface area contributed by atoms with Crippen LogP contribution in [0.5, 0.6) is 0 Å². The summed E-state index contributed by atoms with van der Waals surface area (Å²) in [5, 5.41) is 31.1. The van der Waals surface area contributed by atoms with Crippen molar-refractivity contribution >= 4 is 5.69 Å². The highest BCUT2D eigenvalue weighted by atomic mass is 15.4. The average Bonchev–Trinajstić information content (AvgIpc) is 3.02. The molecule has 5 nitrogen and oxygen atoms in total. The van der Waals surface area contributed by atoms with Crippen LogP contribution in [0.3, 0.4) is 0 Å². The lowest BCUT2D eigenvalue weighted by molar-refractivity contribution is 0.305. The first-order valence-electron chi connectivity index (χ1n) is 7.22. The van der Waals surface area contributed by atoms with E-state index in [1.54, 1.807) is 0 Å². The average molecular weight is 301 g/mol. The number of likely N-dealkylation sites (N-methyl/N-ethyl adjacent to an activating group) is 1. The molecule has 2 aliphatic heterocycles. The zero-order valence-electron chi connectivity index (χ0n) is 13.2. The first-order chi connectivity index (χ1) is 10.9. The van der Waals surface area contributed by atoms with E-state index < -0.39 is 5.66 Å². The topological polar surface area (TPSA) is 86.6 Å². The summed E-state index contributed by atoms with van der Waals surface area (Å²) in [5.41, 5.74) is 1.75. The van der Waals surface area contributed by atoms with Gasteiger partial charge in [0.2, 0.25) is 0 Å². The number of fused-ring (bicyclic) bond motifs is 1. The van der Waals surface area contributed by atoms with Crippen molar-refractivity contribution in [3.63, 3.8) is 0 Å². The predicted octanol–water partition coefficient (Wildman–Crippen LogP) is 2.46. The van der Waals surface area contributed by atoms with Gasteiger partial charge < -0.3 is 10.2 Å². The summed E-state index contributed by atoms with van der Waals surface area (Å²) in [4.78, 5) is 2.07. The van der Waals surface area contributed by atoms with Gasteiger partial charge in [-0.25, -0.2) is 0 Å². The third-order valence-electron chi connectivity index (χ3n) is 4.95. The lowest BCUT2D eigenvalue weighted by Gasteiger charge is -2.42. The minimum atomic E-state index is -0.684. The van der Waals surface area contributed by atoms with Crippen LogP contribution in [0.25, 0.3) is 0 Å². The molecule has 1 atom stereocenters. The summed E-state index contributed by atoms with van der Waals surface area (Å²) in [6, 6.07) is 13.9. The Morgan fingerprint density at radius 3 is 2.35 bits per heavy atom. The van der Waals surface area contributed by atoms with Crippen molar-refractivity contribution in [3.05, 3.63) is 52.7 Å². The molecule has 1 spiro atoms. The third-order valence-corrected chi connectivity index (χ3v) is 4.95. The second-order valence-corrected chi connectivity index (χ2v) is 6.24. The van der Waals surface area contributed by atoms with Crippen LogP contribution in [0.4, 0.5) is 5.69 Å². The van der Waals surface area contributed by atoms with E-state index in [1.807, 2.05) is 43.5 Å². The summed E-state index contributed by atoms with van der Waals surface area (Å²) in [6.07, 6.45) is 1.83. The minimum Gasteiger partial charge on any atom is -0.356 e. The predicted molar refractivity (Wildman–Crippen MR) is 85.7 cm³/mol. The molecular formula is C18H15N5. The van der Waals surface area contributed by atoms with Gasteiger partial charge >= 0.3 is 0 Å². The van der Waals surface area contributed by atoms with Gasteiger partial charge in [-0.05, 0) is 17.7 Å². The quantitative estimate of drug-likeness (QED) is 0.744. The Morgan fingerprint density at radius 2 is 1.78 bits per heavy atom. The molecule has 112 valence electrons. The molecule has 1 aromatic carbocycles. The Bertz CT molecular complexity index is 869. The van der Waals surface area contributed by atoms with Crippen molar-refractivity contribution in [3.8, 4) is 18.2 Å². The summed E-state index contributed by atoms with van der Waals surface area (Å²) in [5.74, 6) is 0. The number of rotatable bonds is 0. The molecular weight excluding hydrogens is 286 g/mol. The Balaban J connectivity index is 2.26. The standard InChI is InChI=1S/C18H15N5/c1-17(2)14-6-4-5-7-15(14)23(3)18(17)8-12(9-19)16(22-18)13(10-20)11-21/h4-8,22H,1-3H3/t18-/m1/s1. The van der Waals surface area contributed by atoms with E-state index in [0.717, 1.165) is 11.3 Å². The van der Waals surface area contributed by atoms with Crippen molar-refractivity contribution in [2.24, 2.45) is 0 Å². The van der Waals surface area contributed by atoms with Crippen LogP contribution in [0.1, 0.15) is 19.4 Å². The maximum atomic E-state index is 9.46. The smallest absolute Gasteiger partial charge is 0.154 e. The molecule has 0 saturated carbocycles. The molecule has 1 aromatic rings. The molecule has 0 radical (unpaired) electrons. The molecule has 5 heteroatoms. The van der Waals surface area contributed by atoms with Gasteiger partial charge in [0.05, 0.1) is 11.3 Å².